The SMILES string of the molecule is CCCCCCCCCCCCCCCCCCCC(=O)OC[C@@H](COC(=O)CCCCCCCCCCCCCCCCC)OC(=O)CCCCCCCCC. The van der Waals surface area contributed by atoms with Crippen LogP contribution in [0.25, 0.3) is 0 Å². The molecule has 0 heterocycles. The quantitative estimate of drug-likeness (QED) is 0.0346. The molecule has 0 aliphatic rings. The number of hydrogen-bond donors (Lipinski definition) is 0. The Kier molecular flexibility index (Phi) is 45.8. The molecule has 0 aliphatic heterocycles. The van der Waals surface area contributed by atoms with E-state index in [0.717, 1.165) is 57.8 Å². The minimum absolute atomic E-state index is 0.0627. The van der Waals surface area contributed by atoms with E-state index in [2.05, 4.69) is 20.8 Å². The van der Waals surface area contributed by atoms with E-state index >= 15 is 0 Å². The zero-order valence-electron chi connectivity index (χ0n) is 38.6. The van der Waals surface area contributed by atoms with Crippen LogP contribution in [-0.2, 0) is 28.6 Å². The Morgan fingerprint density at radius 2 is 0.474 bits per heavy atom. The van der Waals surface area contributed by atoms with Crippen LogP contribution in [0, 0.1) is 0 Å². The van der Waals surface area contributed by atoms with Crippen molar-refractivity contribution in [3.05, 3.63) is 0 Å². The number of ether oxygens (including phenoxy) is 3. The predicted molar refractivity (Wildman–Crippen MR) is 243 cm³/mol. The molecule has 6 nitrogen and oxygen atoms in total. The van der Waals surface area contributed by atoms with Gasteiger partial charge in [-0.1, -0.05) is 252 Å². The zero-order valence-corrected chi connectivity index (χ0v) is 38.6. The lowest BCUT2D eigenvalue weighted by atomic mass is 10.0. The molecule has 0 saturated carbocycles. The summed E-state index contributed by atoms with van der Waals surface area (Å²) in [5.74, 6) is -0.850. The third-order valence-electron chi connectivity index (χ3n) is 11.6. The topological polar surface area (TPSA) is 78.9 Å². The first kappa shape index (κ1) is 55.4. The van der Waals surface area contributed by atoms with Crippen LogP contribution >= 0.6 is 0 Å². The lowest BCUT2D eigenvalue weighted by molar-refractivity contribution is -0.167. The molecule has 0 unspecified atom stereocenters. The van der Waals surface area contributed by atoms with E-state index in [9.17, 15) is 14.4 Å². The molecule has 0 bridgehead atoms. The van der Waals surface area contributed by atoms with Crippen molar-refractivity contribution in [2.75, 3.05) is 13.2 Å². The smallest absolute Gasteiger partial charge is 0.306 e. The van der Waals surface area contributed by atoms with Gasteiger partial charge in [0.15, 0.2) is 6.10 Å². The van der Waals surface area contributed by atoms with Gasteiger partial charge in [0.2, 0.25) is 0 Å². The molecule has 0 amide bonds. The van der Waals surface area contributed by atoms with Gasteiger partial charge in [0, 0.05) is 19.3 Å². The Morgan fingerprint density at radius 3 is 0.702 bits per heavy atom. The highest BCUT2D eigenvalue weighted by atomic mass is 16.6. The average molecular weight is 807 g/mol. The predicted octanol–water partition coefficient (Wildman–Crippen LogP) is 16.4. The molecule has 0 aromatic rings. The van der Waals surface area contributed by atoms with E-state index in [-0.39, 0.29) is 31.1 Å². The van der Waals surface area contributed by atoms with Gasteiger partial charge in [0.05, 0.1) is 0 Å². The summed E-state index contributed by atoms with van der Waals surface area (Å²) in [4.78, 5) is 37.7. The van der Waals surface area contributed by atoms with Crippen molar-refractivity contribution in [1.82, 2.24) is 0 Å². The summed E-state index contributed by atoms with van der Waals surface area (Å²) in [6, 6.07) is 0. The monoisotopic (exact) mass is 807 g/mol. The maximum Gasteiger partial charge on any atom is 0.306 e. The Labute approximate surface area is 355 Å². The molecular weight excluding hydrogens is 709 g/mol. The Hall–Kier alpha value is -1.59. The maximum absolute atomic E-state index is 12.6. The highest BCUT2D eigenvalue weighted by Gasteiger charge is 2.19. The largest absolute Gasteiger partial charge is 0.462 e. The van der Waals surface area contributed by atoms with Crippen LogP contribution < -0.4 is 0 Å². The van der Waals surface area contributed by atoms with Crippen molar-refractivity contribution >= 4 is 17.9 Å². The molecule has 0 rings (SSSR count). The van der Waals surface area contributed by atoms with Crippen LogP contribution in [0.3, 0.4) is 0 Å². The normalized spacial score (nSPS) is 11.8. The minimum atomic E-state index is -0.758. The summed E-state index contributed by atoms with van der Waals surface area (Å²) in [6.07, 6.45) is 49.6. The molecule has 0 N–H and O–H groups in total. The summed E-state index contributed by atoms with van der Waals surface area (Å²) in [5, 5.41) is 0. The Balaban J connectivity index is 4.15. The number of esters is 3. The molecule has 338 valence electrons. The summed E-state index contributed by atoms with van der Waals surface area (Å²) in [6.45, 7) is 6.64. The van der Waals surface area contributed by atoms with Crippen LogP contribution in [0.5, 0.6) is 0 Å². The second-order valence-corrected chi connectivity index (χ2v) is 17.5. The molecule has 0 aromatic heterocycles. The van der Waals surface area contributed by atoms with Gasteiger partial charge in [-0.15, -0.1) is 0 Å². The second kappa shape index (κ2) is 47.1. The van der Waals surface area contributed by atoms with Gasteiger partial charge in [-0.2, -0.15) is 0 Å². The first-order valence-corrected chi connectivity index (χ1v) is 25.5. The molecule has 6 heteroatoms. The third-order valence-corrected chi connectivity index (χ3v) is 11.6. The standard InChI is InChI=1S/C51H98O6/c1-4-7-10-13-16-18-20-22-24-25-27-29-31-33-36-38-41-44-50(53)56-47-48(57-51(54)45-42-39-34-15-12-9-6-3)46-55-49(52)43-40-37-35-32-30-28-26-23-21-19-17-14-11-8-5-2/h48H,4-47H2,1-3H3/t48-/m1/s1. The van der Waals surface area contributed by atoms with Gasteiger partial charge < -0.3 is 14.2 Å². The second-order valence-electron chi connectivity index (χ2n) is 17.5. The molecule has 0 aliphatic carbocycles. The van der Waals surface area contributed by atoms with Gasteiger partial charge in [-0.25, -0.2) is 0 Å². The number of hydrogen-bond acceptors (Lipinski definition) is 6. The molecule has 0 spiro atoms. The molecule has 0 radical (unpaired) electrons. The van der Waals surface area contributed by atoms with E-state index in [4.69, 9.17) is 14.2 Å². The fourth-order valence-electron chi connectivity index (χ4n) is 7.74. The van der Waals surface area contributed by atoms with Crippen molar-refractivity contribution in [2.24, 2.45) is 0 Å². The van der Waals surface area contributed by atoms with Crippen LogP contribution in [0.15, 0.2) is 0 Å². The molecule has 0 saturated heterocycles. The van der Waals surface area contributed by atoms with Gasteiger partial charge in [0.1, 0.15) is 13.2 Å². The van der Waals surface area contributed by atoms with Gasteiger partial charge in [0.25, 0.3) is 0 Å². The third kappa shape index (κ3) is 45.3. The number of carbonyl (C=O) groups excluding carboxylic acids is 3. The highest BCUT2D eigenvalue weighted by molar-refractivity contribution is 5.71. The van der Waals surface area contributed by atoms with Crippen molar-refractivity contribution in [3.63, 3.8) is 0 Å². The van der Waals surface area contributed by atoms with Crippen molar-refractivity contribution in [3.8, 4) is 0 Å². The van der Waals surface area contributed by atoms with Crippen LogP contribution in [0.4, 0.5) is 0 Å². The maximum atomic E-state index is 12.6. The number of carbonyl (C=O) groups is 3. The summed E-state index contributed by atoms with van der Waals surface area (Å²) in [5.41, 5.74) is 0. The van der Waals surface area contributed by atoms with E-state index in [1.165, 1.54) is 193 Å². The minimum Gasteiger partial charge on any atom is -0.462 e. The van der Waals surface area contributed by atoms with Gasteiger partial charge in [-0.3, -0.25) is 14.4 Å². The van der Waals surface area contributed by atoms with Crippen LogP contribution in [0.2, 0.25) is 0 Å². The van der Waals surface area contributed by atoms with E-state index in [0.29, 0.717) is 19.3 Å². The van der Waals surface area contributed by atoms with Crippen molar-refractivity contribution < 1.29 is 28.6 Å². The van der Waals surface area contributed by atoms with E-state index in [1.807, 2.05) is 0 Å². The van der Waals surface area contributed by atoms with Crippen LogP contribution in [-0.4, -0.2) is 37.2 Å². The Bertz CT molecular complexity index is 844. The molecular formula is C51H98O6. The van der Waals surface area contributed by atoms with Crippen LogP contribution in [0.1, 0.15) is 290 Å². The number of unbranched alkanes of at least 4 members (excludes halogenated alkanes) is 36. The Morgan fingerprint density at radius 1 is 0.281 bits per heavy atom. The highest BCUT2D eigenvalue weighted by Crippen LogP contribution is 2.17. The molecule has 0 fully saturated rings. The molecule has 0 aromatic carbocycles. The fraction of sp³-hybridized carbons (Fsp3) is 0.941. The van der Waals surface area contributed by atoms with E-state index < -0.39 is 6.10 Å². The van der Waals surface area contributed by atoms with Gasteiger partial charge >= 0.3 is 17.9 Å². The summed E-state index contributed by atoms with van der Waals surface area (Å²) in [7, 11) is 0. The number of rotatable bonds is 47. The molecule has 57 heavy (non-hydrogen) atoms. The summed E-state index contributed by atoms with van der Waals surface area (Å²) >= 11 is 0. The lowest BCUT2D eigenvalue weighted by Crippen LogP contribution is -2.30. The fourth-order valence-corrected chi connectivity index (χ4v) is 7.74. The molecule has 1 atom stereocenters. The van der Waals surface area contributed by atoms with E-state index in [1.54, 1.807) is 0 Å². The summed E-state index contributed by atoms with van der Waals surface area (Å²) < 4.78 is 16.7. The average Bonchev–Trinajstić information content (AvgIpc) is 3.21. The first-order valence-electron chi connectivity index (χ1n) is 25.5. The lowest BCUT2D eigenvalue weighted by Gasteiger charge is -2.18. The van der Waals surface area contributed by atoms with Crippen molar-refractivity contribution in [1.29, 1.82) is 0 Å². The van der Waals surface area contributed by atoms with Crippen molar-refractivity contribution in [2.45, 2.75) is 297 Å². The zero-order chi connectivity index (χ0) is 41.5. The first-order chi connectivity index (χ1) is 28.0. The van der Waals surface area contributed by atoms with Gasteiger partial charge in [-0.05, 0) is 19.3 Å².